The molecule has 0 atom stereocenters. The van der Waals surface area contributed by atoms with E-state index in [0.29, 0.717) is 6.04 Å². The van der Waals surface area contributed by atoms with Crippen molar-refractivity contribution in [3.05, 3.63) is 34.9 Å². The van der Waals surface area contributed by atoms with Crippen LogP contribution in [0.4, 0.5) is 8.78 Å². The Bertz CT molecular complexity index is 453. The van der Waals surface area contributed by atoms with E-state index in [-0.39, 0.29) is 17.7 Å². The Labute approximate surface area is 105 Å². The minimum atomic E-state index is -1.03. The molecular weight excluding hydrogens is 236 g/mol. The van der Waals surface area contributed by atoms with E-state index in [9.17, 15) is 13.6 Å². The summed E-state index contributed by atoms with van der Waals surface area (Å²) < 4.78 is 26.9. The maximum atomic E-state index is 13.6. The first kappa shape index (κ1) is 13.1. The monoisotopic (exact) mass is 253 g/mol. The van der Waals surface area contributed by atoms with E-state index < -0.39 is 17.4 Å². The van der Waals surface area contributed by atoms with Crippen LogP contribution in [0, 0.1) is 18.6 Å². The lowest BCUT2D eigenvalue weighted by molar-refractivity contribution is 0.0982. The van der Waals surface area contributed by atoms with Crippen LogP contribution in [0.5, 0.6) is 0 Å². The molecule has 0 radical (unpaired) electrons. The number of rotatable bonds is 4. The molecular formula is C14H17F2NO. The Kier molecular flexibility index (Phi) is 4.07. The van der Waals surface area contributed by atoms with E-state index >= 15 is 0 Å². The summed E-state index contributed by atoms with van der Waals surface area (Å²) in [4.78, 5) is 11.8. The first-order valence-corrected chi connectivity index (χ1v) is 6.31. The standard InChI is InChI=1S/C14H17F2NO/c1-9-6-7-11(14(16)13(9)15)12(18)8-17-10-4-2-3-5-10/h6-7,10,17H,2-5,8H2,1H3. The van der Waals surface area contributed by atoms with Crippen molar-refractivity contribution in [3.8, 4) is 0 Å². The maximum Gasteiger partial charge on any atom is 0.179 e. The third-order valence-electron chi connectivity index (χ3n) is 3.48. The van der Waals surface area contributed by atoms with Crippen molar-refractivity contribution in [2.75, 3.05) is 6.54 Å². The molecule has 98 valence electrons. The fourth-order valence-corrected chi connectivity index (χ4v) is 2.32. The maximum absolute atomic E-state index is 13.6. The summed E-state index contributed by atoms with van der Waals surface area (Å²) >= 11 is 0. The van der Waals surface area contributed by atoms with Crippen LogP contribution in [-0.4, -0.2) is 18.4 Å². The Morgan fingerprint density at radius 3 is 2.61 bits per heavy atom. The average molecular weight is 253 g/mol. The van der Waals surface area contributed by atoms with Gasteiger partial charge in [-0.1, -0.05) is 18.9 Å². The molecule has 18 heavy (non-hydrogen) atoms. The molecule has 1 aliphatic carbocycles. The predicted octanol–water partition coefficient (Wildman–Crippen LogP) is 2.99. The summed E-state index contributed by atoms with van der Waals surface area (Å²) in [6.07, 6.45) is 4.44. The van der Waals surface area contributed by atoms with Crippen LogP contribution in [0.2, 0.25) is 0 Å². The van der Waals surface area contributed by atoms with Gasteiger partial charge in [0.2, 0.25) is 0 Å². The first-order valence-electron chi connectivity index (χ1n) is 6.31. The molecule has 0 unspecified atom stereocenters. The summed E-state index contributed by atoms with van der Waals surface area (Å²) in [5, 5.41) is 3.10. The van der Waals surface area contributed by atoms with Gasteiger partial charge in [-0.3, -0.25) is 4.79 Å². The molecule has 2 rings (SSSR count). The fraction of sp³-hybridized carbons (Fsp3) is 0.500. The summed E-state index contributed by atoms with van der Waals surface area (Å²) in [5.74, 6) is -2.35. The number of ketones is 1. The molecule has 4 heteroatoms. The second-order valence-electron chi connectivity index (χ2n) is 4.84. The molecule has 1 aromatic rings. The van der Waals surface area contributed by atoms with Crippen molar-refractivity contribution in [3.63, 3.8) is 0 Å². The number of carbonyl (C=O) groups is 1. The van der Waals surface area contributed by atoms with Crippen LogP contribution in [0.1, 0.15) is 41.6 Å². The summed E-state index contributed by atoms with van der Waals surface area (Å²) in [5.41, 5.74) is 0.0522. The van der Waals surface area contributed by atoms with Gasteiger partial charge in [0.25, 0.3) is 0 Å². The zero-order chi connectivity index (χ0) is 13.1. The Balaban J connectivity index is 2.02. The zero-order valence-corrected chi connectivity index (χ0v) is 10.4. The highest BCUT2D eigenvalue weighted by Crippen LogP contribution is 2.18. The molecule has 0 amide bonds. The van der Waals surface area contributed by atoms with E-state index in [1.807, 2.05) is 0 Å². The van der Waals surface area contributed by atoms with Crippen LogP contribution in [0.25, 0.3) is 0 Å². The van der Waals surface area contributed by atoms with Crippen molar-refractivity contribution < 1.29 is 13.6 Å². The zero-order valence-electron chi connectivity index (χ0n) is 10.4. The normalized spacial score (nSPS) is 16.2. The number of halogens is 2. The van der Waals surface area contributed by atoms with Gasteiger partial charge in [-0.2, -0.15) is 0 Å². The summed E-state index contributed by atoms with van der Waals surface area (Å²) in [6, 6.07) is 3.13. The molecule has 0 heterocycles. The second-order valence-corrected chi connectivity index (χ2v) is 4.84. The molecule has 1 aliphatic rings. The van der Waals surface area contributed by atoms with Gasteiger partial charge in [0, 0.05) is 6.04 Å². The van der Waals surface area contributed by atoms with Crippen molar-refractivity contribution >= 4 is 5.78 Å². The number of hydrogen-bond donors (Lipinski definition) is 1. The van der Waals surface area contributed by atoms with Crippen LogP contribution >= 0.6 is 0 Å². The van der Waals surface area contributed by atoms with E-state index in [4.69, 9.17) is 0 Å². The number of hydrogen-bond acceptors (Lipinski definition) is 2. The summed E-state index contributed by atoms with van der Waals surface area (Å²) in [7, 11) is 0. The number of aryl methyl sites for hydroxylation is 1. The topological polar surface area (TPSA) is 29.1 Å². The Hall–Kier alpha value is -1.29. The molecule has 0 bridgehead atoms. The third kappa shape index (κ3) is 2.75. The van der Waals surface area contributed by atoms with E-state index in [1.165, 1.54) is 31.9 Å². The lowest BCUT2D eigenvalue weighted by atomic mass is 10.1. The quantitative estimate of drug-likeness (QED) is 0.836. The summed E-state index contributed by atoms with van der Waals surface area (Å²) in [6.45, 7) is 1.55. The number of nitrogens with one attached hydrogen (secondary N) is 1. The van der Waals surface area contributed by atoms with Gasteiger partial charge in [-0.05, 0) is 31.4 Å². The minimum Gasteiger partial charge on any atom is -0.307 e. The van der Waals surface area contributed by atoms with E-state index in [1.54, 1.807) is 0 Å². The van der Waals surface area contributed by atoms with Crippen LogP contribution < -0.4 is 5.32 Å². The minimum absolute atomic E-state index is 0.0735. The van der Waals surface area contributed by atoms with Crippen molar-refractivity contribution in [1.29, 1.82) is 0 Å². The molecule has 2 nitrogen and oxygen atoms in total. The fourth-order valence-electron chi connectivity index (χ4n) is 2.32. The van der Waals surface area contributed by atoms with Gasteiger partial charge in [0.1, 0.15) is 0 Å². The average Bonchev–Trinajstić information content (AvgIpc) is 2.86. The third-order valence-corrected chi connectivity index (χ3v) is 3.48. The molecule has 0 aromatic heterocycles. The van der Waals surface area contributed by atoms with E-state index in [2.05, 4.69) is 5.32 Å². The van der Waals surface area contributed by atoms with Crippen LogP contribution in [0.15, 0.2) is 12.1 Å². The highest BCUT2D eigenvalue weighted by atomic mass is 19.2. The molecule has 0 saturated heterocycles. The van der Waals surface area contributed by atoms with Gasteiger partial charge in [-0.15, -0.1) is 0 Å². The largest absolute Gasteiger partial charge is 0.307 e. The predicted molar refractivity (Wildman–Crippen MR) is 65.7 cm³/mol. The number of benzene rings is 1. The highest BCUT2D eigenvalue weighted by Gasteiger charge is 2.19. The Morgan fingerprint density at radius 1 is 1.28 bits per heavy atom. The SMILES string of the molecule is Cc1ccc(C(=O)CNC2CCCC2)c(F)c1F. The molecule has 1 N–H and O–H groups in total. The van der Waals surface area contributed by atoms with Crippen LogP contribution in [-0.2, 0) is 0 Å². The van der Waals surface area contributed by atoms with Crippen molar-refractivity contribution in [2.24, 2.45) is 0 Å². The first-order chi connectivity index (χ1) is 8.59. The number of Topliss-reactive ketones (excluding diaryl/α,β-unsaturated/α-hetero) is 1. The van der Waals surface area contributed by atoms with Crippen LogP contribution in [0.3, 0.4) is 0 Å². The molecule has 1 saturated carbocycles. The lowest BCUT2D eigenvalue weighted by Crippen LogP contribution is -2.32. The smallest absolute Gasteiger partial charge is 0.179 e. The molecule has 0 aliphatic heterocycles. The van der Waals surface area contributed by atoms with Gasteiger partial charge < -0.3 is 5.32 Å². The highest BCUT2D eigenvalue weighted by molar-refractivity contribution is 5.98. The van der Waals surface area contributed by atoms with Gasteiger partial charge in [0.05, 0.1) is 12.1 Å². The molecule has 1 fully saturated rings. The lowest BCUT2D eigenvalue weighted by Gasteiger charge is -2.11. The molecule has 1 aromatic carbocycles. The van der Waals surface area contributed by atoms with Crippen molar-refractivity contribution in [1.82, 2.24) is 5.32 Å². The Morgan fingerprint density at radius 2 is 1.94 bits per heavy atom. The van der Waals surface area contributed by atoms with Gasteiger partial charge >= 0.3 is 0 Å². The number of carbonyl (C=O) groups excluding carboxylic acids is 1. The second kappa shape index (κ2) is 5.57. The van der Waals surface area contributed by atoms with Crippen molar-refractivity contribution in [2.45, 2.75) is 38.6 Å². The molecule has 0 spiro atoms. The van der Waals surface area contributed by atoms with Gasteiger partial charge in [-0.25, -0.2) is 8.78 Å². The van der Waals surface area contributed by atoms with E-state index in [0.717, 1.165) is 12.8 Å². The van der Waals surface area contributed by atoms with Gasteiger partial charge in [0.15, 0.2) is 17.4 Å².